The third kappa shape index (κ3) is 2.99. The van der Waals surface area contributed by atoms with Crippen LogP contribution in [0.3, 0.4) is 0 Å². The van der Waals surface area contributed by atoms with Crippen LogP contribution in [0.5, 0.6) is 0 Å². The normalized spacial score (nSPS) is 10.6. The second-order valence-electron chi connectivity index (χ2n) is 4.84. The molecule has 3 heteroatoms. The Bertz CT molecular complexity index is 593. The van der Waals surface area contributed by atoms with E-state index < -0.39 is 0 Å². The maximum atomic E-state index is 5.66. The van der Waals surface area contributed by atoms with Crippen LogP contribution in [-0.2, 0) is 6.54 Å². The van der Waals surface area contributed by atoms with Crippen LogP contribution in [0.4, 0.5) is 11.4 Å². The molecule has 0 aliphatic rings. The molecule has 2 nitrogen and oxygen atoms in total. The van der Waals surface area contributed by atoms with Crippen LogP contribution in [-0.4, -0.2) is 7.05 Å². The Morgan fingerprint density at radius 3 is 2.32 bits per heavy atom. The summed E-state index contributed by atoms with van der Waals surface area (Å²) in [7, 11) is 2.08. The lowest BCUT2D eigenvalue weighted by Gasteiger charge is -2.23. The van der Waals surface area contributed by atoms with E-state index in [1.54, 1.807) is 0 Å². The quantitative estimate of drug-likeness (QED) is 0.914. The van der Waals surface area contributed by atoms with E-state index in [-0.39, 0.29) is 0 Å². The second-order valence-corrected chi connectivity index (χ2v) is 5.69. The zero-order chi connectivity index (χ0) is 14.0. The smallest absolute Gasteiger partial charge is 0.0552 e. The highest BCUT2D eigenvalue weighted by atomic mass is 79.9. The highest BCUT2D eigenvalue weighted by molar-refractivity contribution is 9.10. The lowest BCUT2D eigenvalue weighted by Crippen LogP contribution is -2.12. The zero-order valence-corrected chi connectivity index (χ0v) is 13.2. The summed E-state index contributed by atoms with van der Waals surface area (Å²) < 4.78 is 1.07. The Hall–Kier alpha value is -1.32. The fraction of sp³-hybridized carbons (Fsp3) is 0.250. The number of nitrogens with zero attached hydrogens (tertiary/aromatic N) is 1. The van der Waals surface area contributed by atoms with Crippen molar-refractivity contribution in [3.63, 3.8) is 0 Å². The van der Waals surface area contributed by atoms with Crippen molar-refractivity contribution in [1.29, 1.82) is 0 Å². The minimum Gasteiger partial charge on any atom is -0.343 e. The highest BCUT2D eigenvalue weighted by Crippen LogP contribution is 2.33. The van der Waals surface area contributed by atoms with Crippen LogP contribution in [0, 0.1) is 13.8 Å². The van der Waals surface area contributed by atoms with Crippen LogP contribution in [0.1, 0.15) is 16.7 Å². The average Bonchev–Trinajstić information content (AvgIpc) is 2.37. The van der Waals surface area contributed by atoms with Crippen LogP contribution in [0.15, 0.2) is 40.9 Å². The van der Waals surface area contributed by atoms with E-state index in [0.29, 0.717) is 6.54 Å². The fourth-order valence-corrected chi connectivity index (χ4v) is 2.95. The summed E-state index contributed by atoms with van der Waals surface area (Å²) in [6.45, 7) is 4.82. The molecule has 0 aliphatic carbocycles. The first-order valence-electron chi connectivity index (χ1n) is 6.32. The van der Waals surface area contributed by atoms with E-state index in [1.807, 2.05) is 0 Å². The van der Waals surface area contributed by atoms with Crippen LogP contribution in [0.2, 0.25) is 0 Å². The van der Waals surface area contributed by atoms with E-state index in [9.17, 15) is 0 Å². The molecule has 19 heavy (non-hydrogen) atoms. The molecule has 0 bridgehead atoms. The Balaban J connectivity index is 2.41. The van der Waals surface area contributed by atoms with Gasteiger partial charge in [0.2, 0.25) is 0 Å². The number of anilines is 2. The minimum atomic E-state index is 0.562. The first-order chi connectivity index (χ1) is 9.02. The van der Waals surface area contributed by atoms with Gasteiger partial charge in [-0.1, -0.05) is 23.8 Å². The summed E-state index contributed by atoms with van der Waals surface area (Å²) in [5.41, 5.74) is 11.7. The van der Waals surface area contributed by atoms with Gasteiger partial charge in [-0.05, 0) is 59.1 Å². The van der Waals surface area contributed by atoms with E-state index >= 15 is 0 Å². The first kappa shape index (κ1) is 14.1. The molecule has 0 aromatic heterocycles. The number of aryl methyl sites for hydroxylation is 2. The highest BCUT2D eigenvalue weighted by Gasteiger charge is 2.10. The fourth-order valence-electron chi connectivity index (χ4n) is 2.26. The monoisotopic (exact) mass is 318 g/mol. The molecule has 0 saturated carbocycles. The van der Waals surface area contributed by atoms with E-state index in [4.69, 9.17) is 5.73 Å². The third-order valence-electron chi connectivity index (χ3n) is 3.32. The Labute approximate surface area is 123 Å². The predicted molar refractivity (Wildman–Crippen MR) is 86.0 cm³/mol. The Morgan fingerprint density at radius 2 is 1.74 bits per heavy atom. The molecule has 2 N–H and O–H groups in total. The molecule has 0 heterocycles. The van der Waals surface area contributed by atoms with Gasteiger partial charge in [0.1, 0.15) is 0 Å². The largest absolute Gasteiger partial charge is 0.343 e. The molecule has 0 saturated heterocycles. The Morgan fingerprint density at radius 1 is 1.05 bits per heavy atom. The van der Waals surface area contributed by atoms with Crippen LogP contribution < -0.4 is 10.6 Å². The lowest BCUT2D eigenvalue weighted by molar-refractivity contribution is 1.06. The van der Waals surface area contributed by atoms with Crippen molar-refractivity contribution >= 4 is 27.3 Å². The zero-order valence-electron chi connectivity index (χ0n) is 11.6. The maximum Gasteiger partial charge on any atom is 0.0552 e. The molecule has 2 rings (SSSR count). The van der Waals surface area contributed by atoms with Crippen LogP contribution in [0.25, 0.3) is 0 Å². The van der Waals surface area contributed by atoms with Crippen molar-refractivity contribution in [1.82, 2.24) is 0 Å². The molecule has 0 radical (unpaired) electrons. The topological polar surface area (TPSA) is 29.3 Å². The Kier molecular flexibility index (Phi) is 4.27. The number of rotatable bonds is 3. The molecular formula is C16H19BrN2. The van der Waals surface area contributed by atoms with Gasteiger partial charge in [-0.15, -0.1) is 0 Å². The van der Waals surface area contributed by atoms with Crippen LogP contribution >= 0.6 is 15.9 Å². The van der Waals surface area contributed by atoms with Gasteiger partial charge in [0.05, 0.1) is 5.69 Å². The molecule has 2 aromatic carbocycles. The predicted octanol–water partition coefficient (Wildman–Crippen LogP) is 4.29. The molecule has 2 aromatic rings. The lowest BCUT2D eigenvalue weighted by atomic mass is 10.1. The number of nitrogens with two attached hydrogens (primary N) is 1. The summed E-state index contributed by atoms with van der Waals surface area (Å²) in [6, 6.07) is 12.8. The second kappa shape index (κ2) is 5.76. The van der Waals surface area contributed by atoms with E-state index in [0.717, 1.165) is 15.7 Å². The van der Waals surface area contributed by atoms with Crippen molar-refractivity contribution in [3.05, 3.63) is 57.6 Å². The van der Waals surface area contributed by atoms with Gasteiger partial charge in [0.15, 0.2) is 0 Å². The van der Waals surface area contributed by atoms with E-state index in [2.05, 4.69) is 78.1 Å². The average molecular weight is 319 g/mol. The van der Waals surface area contributed by atoms with Gasteiger partial charge < -0.3 is 10.6 Å². The molecule has 100 valence electrons. The van der Waals surface area contributed by atoms with Gasteiger partial charge in [0, 0.05) is 23.8 Å². The first-order valence-corrected chi connectivity index (χ1v) is 7.11. The molecule has 0 unspecified atom stereocenters. The van der Waals surface area contributed by atoms with Gasteiger partial charge in [-0.3, -0.25) is 0 Å². The third-order valence-corrected chi connectivity index (χ3v) is 3.96. The summed E-state index contributed by atoms with van der Waals surface area (Å²) in [5, 5.41) is 0. The summed E-state index contributed by atoms with van der Waals surface area (Å²) in [4.78, 5) is 2.19. The number of halogens is 1. The standard InChI is InChI=1S/C16H19BrN2/c1-11-4-6-15(12(2)8-11)19(3)16-7-5-13(10-18)9-14(16)17/h4-9H,10,18H2,1-3H3. The van der Waals surface area contributed by atoms with Gasteiger partial charge in [0.25, 0.3) is 0 Å². The van der Waals surface area contributed by atoms with E-state index in [1.165, 1.54) is 16.8 Å². The van der Waals surface area contributed by atoms with Crippen molar-refractivity contribution in [2.45, 2.75) is 20.4 Å². The van der Waals surface area contributed by atoms with Gasteiger partial charge >= 0.3 is 0 Å². The molecule has 0 aliphatic heterocycles. The SMILES string of the molecule is Cc1ccc(N(C)c2ccc(CN)cc2Br)c(C)c1. The summed E-state index contributed by atoms with van der Waals surface area (Å²) >= 11 is 3.63. The summed E-state index contributed by atoms with van der Waals surface area (Å²) in [5.74, 6) is 0. The van der Waals surface area contributed by atoms with Crippen molar-refractivity contribution < 1.29 is 0 Å². The molecular weight excluding hydrogens is 300 g/mol. The molecule has 0 amide bonds. The number of hydrogen-bond donors (Lipinski definition) is 1. The van der Waals surface area contributed by atoms with Crippen molar-refractivity contribution in [3.8, 4) is 0 Å². The molecule has 0 spiro atoms. The van der Waals surface area contributed by atoms with Gasteiger partial charge in [-0.2, -0.15) is 0 Å². The van der Waals surface area contributed by atoms with Crippen molar-refractivity contribution in [2.75, 3.05) is 11.9 Å². The maximum absolute atomic E-state index is 5.66. The van der Waals surface area contributed by atoms with Gasteiger partial charge in [-0.25, -0.2) is 0 Å². The number of hydrogen-bond acceptors (Lipinski definition) is 2. The molecule has 0 fully saturated rings. The van der Waals surface area contributed by atoms with Crippen molar-refractivity contribution in [2.24, 2.45) is 5.73 Å². The summed E-state index contributed by atoms with van der Waals surface area (Å²) in [6.07, 6.45) is 0. The molecule has 0 atom stereocenters. The minimum absolute atomic E-state index is 0.562. The number of benzene rings is 2.